The lowest BCUT2D eigenvalue weighted by atomic mass is 10.1. The summed E-state index contributed by atoms with van der Waals surface area (Å²) in [6.45, 7) is 1.99. The number of amides is 2. The Balaban J connectivity index is 0.000000188. The summed E-state index contributed by atoms with van der Waals surface area (Å²) < 4.78 is 42.8. The zero-order valence-corrected chi connectivity index (χ0v) is 28.2. The first-order chi connectivity index (χ1) is 23.1. The number of hydrogen-bond donors (Lipinski definition) is 2. The molecule has 10 nitrogen and oxygen atoms in total. The second kappa shape index (κ2) is 15.8. The highest BCUT2D eigenvalue weighted by Crippen LogP contribution is 2.23. The number of nitrogens with one attached hydrogen (secondary N) is 2. The number of sulfone groups is 1. The lowest BCUT2D eigenvalue weighted by Gasteiger charge is -2.07. The summed E-state index contributed by atoms with van der Waals surface area (Å²) >= 11 is 0. The van der Waals surface area contributed by atoms with Crippen molar-refractivity contribution < 1.29 is 27.0 Å². The van der Waals surface area contributed by atoms with E-state index >= 15 is 0 Å². The molecule has 12 heteroatoms. The van der Waals surface area contributed by atoms with Crippen LogP contribution in [0.1, 0.15) is 29.5 Å². The van der Waals surface area contributed by atoms with E-state index < -0.39 is 37.0 Å². The number of aliphatic imine (C=N–C) groups is 2. The Morgan fingerprint density at radius 3 is 1.94 bits per heavy atom. The number of ether oxygens (including phenoxy) is 1. The number of hydrogen-bond acceptors (Lipinski definition) is 8. The van der Waals surface area contributed by atoms with E-state index in [-0.39, 0.29) is 22.7 Å². The zero-order chi connectivity index (χ0) is 34.1. The lowest BCUT2D eigenvalue weighted by Crippen LogP contribution is -2.26. The Morgan fingerprint density at radius 2 is 1.29 bits per heavy atom. The van der Waals surface area contributed by atoms with Gasteiger partial charge in [0.25, 0.3) is 0 Å². The van der Waals surface area contributed by atoms with E-state index in [0.29, 0.717) is 24.2 Å². The molecular weight excluding hydrogens is 649 g/mol. The van der Waals surface area contributed by atoms with Crippen molar-refractivity contribution in [1.29, 1.82) is 0 Å². The molecule has 0 spiro atoms. The zero-order valence-electron chi connectivity index (χ0n) is 26.5. The van der Waals surface area contributed by atoms with Crippen LogP contribution in [0.4, 0.5) is 11.4 Å². The van der Waals surface area contributed by atoms with Gasteiger partial charge in [-0.2, -0.15) is 0 Å². The summed E-state index contributed by atoms with van der Waals surface area (Å²) in [6, 6.07) is 33.5. The van der Waals surface area contributed by atoms with Crippen molar-refractivity contribution in [2.75, 3.05) is 7.11 Å². The summed E-state index contributed by atoms with van der Waals surface area (Å²) in [5.41, 5.74) is 4.39. The number of methoxy groups -OCH3 is 1. The van der Waals surface area contributed by atoms with Gasteiger partial charge >= 0.3 is 0 Å². The topological polar surface area (TPSA) is 143 Å². The molecule has 0 aromatic heterocycles. The molecule has 2 saturated heterocycles. The van der Waals surface area contributed by atoms with Gasteiger partial charge in [-0.15, -0.1) is 0 Å². The third kappa shape index (κ3) is 8.69. The van der Waals surface area contributed by atoms with Gasteiger partial charge in [-0.3, -0.25) is 19.1 Å². The van der Waals surface area contributed by atoms with E-state index in [0.717, 1.165) is 28.9 Å². The Hall–Kier alpha value is -4.94. The molecule has 2 N–H and O–H groups in total. The highest BCUT2D eigenvalue weighted by Gasteiger charge is 2.44. The van der Waals surface area contributed by atoms with E-state index in [9.17, 15) is 22.2 Å². The van der Waals surface area contributed by atoms with Crippen LogP contribution in [0, 0.1) is 6.92 Å². The fourth-order valence-electron chi connectivity index (χ4n) is 5.08. The van der Waals surface area contributed by atoms with Gasteiger partial charge in [0.1, 0.15) is 27.0 Å². The van der Waals surface area contributed by atoms with Crippen LogP contribution in [0.25, 0.3) is 0 Å². The third-order valence-electron chi connectivity index (χ3n) is 7.78. The molecular formula is C36H36N4O6S2. The van der Waals surface area contributed by atoms with Gasteiger partial charge in [-0.25, -0.2) is 18.4 Å². The fraction of sp³-hybridized carbons (Fsp3) is 0.222. The van der Waals surface area contributed by atoms with Gasteiger partial charge in [0.05, 0.1) is 18.5 Å². The predicted molar refractivity (Wildman–Crippen MR) is 189 cm³/mol. The number of nitrogens with zero attached hydrogens (tertiary/aromatic N) is 2. The smallest absolute Gasteiger partial charge is 0.244 e. The molecule has 0 radical (unpaired) electrons. The largest absolute Gasteiger partial charge is 0.497 e. The first-order valence-corrected chi connectivity index (χ1v) is 18.1. The Kier molecular flexibility index (Phi) is 11.3. The molecule has 4 aromatic rings. The molecule has 2 aliphatic heterocycles. The molecule has 0 saturated carbocycles. The summed E-state index contributed by atoms with van der Waals surface area (Å²) in [4.78, 5) is 32.6. The van der Waals surface area contributed by atoms with E-state index in [1.807, 2.05) is 79.7 Å². The number of aryl methyl sites for hydroxylation is 3. The molecule has 2 fully saturated rings. The van der Waals surface area contributed by atoms with Crippen LogP contribution in [0.3, 0.4) is 0 Å². The maximum atomic E-state index is 12.6. The van der Waals surface area contributed by atoms with Crippen LogP contribution < -0.4 is 15.4 Å². The molecule has 2 amide bonds. The fourth-order valence-corrected chi connectivity index (χ4v) is 7.84. The van der Waals surface area contributed by atoms with Crippen LogP contribution in [-0.4, -0.2) is 52.4 Å². The van der Waals surface area contributed by atoms with Crippen molar-refractivity contribution in [2.45, 2.75) is 43.1 Å². The molecule has 48 heavy (non-hydrogen) atoms. The first-order valence-electron chi connectivity index (χ1n) is 15.4. The van der Waals surface area contributed by atoms with Gasteiger partial charge in [0, 0.05) is 0 Å². The minimum absolute atomic E-state index is 0.203. The Bertz CT molecular complexity index is 1930. The minimum Gasteiger partial charge on any atom is -0.497 e. The van der Waals surface area contributed by atoms with Crippen LogP contribution in [0.2, 0.25) is 0 Å². The average Bonchev–Trinajstić information content (AvgIpc) is 3.48. The monoisotopic (exact) mass is 684 g/mol. The van der Waals surface area contributed by atoms with Crippen molar-refractivity contribution in [1.82, 2.24) is 10.6 Å². The van der Waals surface area contributed by atoms with Crippen LogP contribution in [0.15, 0.2) is 119 Å². The van der Waals surface area contributed by atoms with Gasteiger partial charge in [0.2, 0.25) is 26.8 Å². The van der Waals surface area contributed by atoms with E-state index in [1.165, 1.54) is 0 Å². The van der Waals surface area contributed by atoms with E-state index in [1.54, 1.807) is 43.5 Å². The van der Waals surface area contributed by atoms with Gasteiger partial charge in [0.15, 0.2) is 5.17 Å². The van der Waals surface area contributed by atoms with Crippen LogP contribution in [0.5, 0.6) is 5.75 Å². The highest BCUT2D eigenvalue weighted by molar-refractivity contribution is 8.08. The minimum atomic E-state index is -3.79. The van der Waals surface area contributed by atoms with E-state index in [4.69, 9.17) is 4.74 Å². The standard InChI is InChI=1S/C18H18N2O4S.C18H18N2O2S/c1-24-15-10-7-13(8-11-15)9-12-16-17(21)20-18(25(16,22)23)19-14-5-3-2-4-6-14;1-13-7-10-15(11-8-13)19-18-20-17(21)16(23(18)22)12-9-14-5-3-2-4-6-14/h2-8,10-11,16H,9,12H2,1H3,(H,19,20,21);2-8,10-11,16H,9,12H2,1H3,(H,19,20,21). The van der Waals surface area contributed by atoms with Crippen LogP contribution >= 0.6 is 0 Å². The normalized spacial score (nSPS) is 21.3. The summed E-state index contributed by atoms with van der Waals surface area (Å²) in [5.74, 6) is 0.000538. The third-order valence-corrected chi connectivity index (χ3v) is 11.3. The number of benzene rings is 4. The SMILES string of the molecule is COc1ccc(CCC2C(=O)NC(=Nc3ccccc3)S2(=O)=O)cc1.Cc1ccc(N=C2NC(=O)C(CCc3ccccc3)S2=O)cc1. The number of rotatable bonds is 9. The molecule has 2 heterocycles. The van der Waals surface area contributed by atoms with Gasteiger partial charge in [-0.1, -0.05) is 78.4 Å². The first kappa shape index (κ1) is 34.4. The Labute approximate surface area is 282 Å². The summed E-state index contributed by atoms with van der Waals surface area (Å²) in [5, 5.41) is 3.41. The molecule has 3 atom stereocenters. The van der Waals surface area contributed by atoms with Gasteiger partial charge < -0.3 is 10.1 Å². The predicted octanol–water partition coefficient (Wildman–Crippen LogP) is 5.09. The summed E-state index contributed by atoms with van der Waals surface area (Å²) in [7, 11) is -3.63. The molecule has 248 valence electrons. The maximum Gasteiger partial charge on any atom is 0.244 e. The molecule has 0 aliphatic carbocycles. The maximum absolute atomic E-state index is 12.6. The molecule has 3 unspecified atom stereocenters. The van der Waals surface area contributed by atoms with E-state index in [2.05, 4.69) is 20.6 Å². The van der Waals surface area contributed by atoms with Crippen molar-refractivity contribution in [3.8, 4) is 5.75 Å². The second-order valence-electron chi connectivity index (χ2n) is 11.2. The number of carbonyl (C=O) groups is 2. The quantitative estimate of drug-likeness (QED) is 0.252. The number of amidine groups is 2. The number of carbonyl (C=O) groups excluding carboxylic acids is 2. The molecule has 6 rings (SSSR count). The van der Waals surface area contributed by atoms with Crippen LogP contribution in [-0.2, 0) is 43.1 Å². The molecule has 0 bridgehead atoms. The second-order valence-corrected chi connectivity index (χ2v) is 14.8. The number of para-hydroxylation sites is 1. The van der Waals surface area contributed by atoms with Crippen molar-refractivity contribution in [3.63, 3.8) is 0 Å². The average molecular weight is 685 g/mol. The van der Waals surface area contributed by atoms with Crippen molar-refractivity contribution in [3.05, 3.63) is 126 Å². The lowest BCUT2D eigenvalue weighted by molar-refractivity contribution is -0.119. The molecule has 2 aliphatic rings. The van der Waals surface area contributed by atoms with Crippen molar-refractivity contribution >= 4 is 54.2 Å². The Morgan fingerprint density at radius 1 is 0.708 bits per heavy atom. The highest BCUT2D eigenvalue weighted by atomic mass is 32.2. The van der Waals surface area contributed by atoms with Gasteiger partial charge in [-0.05, 0) is 80.1 Å². The van der Waals surface area contributed by atoms with Crippen molar-refractivity contribution in [2.24, 2.45) is 9.98 Å². The molecule has 4 aromatic carbocycles. The summed E-state index contributed by atoms with van der Waals surface area (Å²) in [6.07, 6.45) is 1.95.